The Bertz CT molecular complexity index is 338. The van der Waals surface area contributed by atoms with Gasteiger partial charge in [0.05, 0.1) is 13.2 Å². The lowest BCUT2D eigenvalue weighted by Crippen LogP contribution is -2.24. The number of nitrogens with two attached hydrogens (primary N) is 1. The molecule has 14 heavy (non-hydrogen) atoms. The van der Waals surface area contributed by atoms with Crippen molar-refractivity contribution in [1.29, 1.82) is 0 Å². The van der Waals surface area contributed by atoms with Crippen molar-refractivity contribution in [3.05, 3.63) is 23.8 Å². The summed E-state index contributed by atoms with van der Waals surface area (Å²) >= 11 is 0. The summed E-state index contributed by atoms with van der Waals surface area (Å²) in [5.74, 6) is 1.59. The first-order chi connectivity index (χ1) is 6.77. The third kappa shape index (κ3) is 1.24. The first-order valence-electron chi connectivity index (χ1n) is 4.87. The van der Waals surface area contributed by atoms with E-state index in [-0.39, 0.29) is 12.1 Å². The molecule has 1 aromatic rings. The fourth-order valence-corrected chi connectivity index (χ4v) is 1.84. The predicted molar refractivity (Wildman–Crippen MR) is 54.6 cm³/mol. The third-order valence-electron chi connectivity index (χ3n) is 2.66. The van der Waals surface area contributed by atoms with Gasteiger partial charge in [-0.2, -0.15) is 0 Å². The molecule has 0 aromatic heterocycles. The van der Waals surface area contributed by atoms with Gasteiger partial charge in [-0.15, -0.1) is 0 Å². The molecule has 2 unspecified atom stereocenters. The first kappa shape index (κ1) is 9.34. The van der Waals surface area contributed by atoms with Crippen LogP contribution >= 0.6 is 0 Å². The molecule has 0 saturated carbocycles. The van der Waals surface area contributed by atoms with Gasteiger partial charge in [-0.25, -0.2) is 0 Å². The first-order valence-corrected chi connectivity index (χ1v) is 4.87. The second-order valence-electron chi connectivity index (χ2n) is 3.47. The molecule has 2 atom stereocenters. The highest BCUT2D eigenvalue weighted by Gasteiger charge is 2.32. The summed E-state index contributed by atoms with van der Waals surface area (Å²) in [6.45, 7) is 2.07. The molecule has 0 saturated heterocycles. The van der Waals surface area contributed by atoms with Gasteiger partial charge in [0.2, 0.25) is 0 Å². The lowest BCUT2D eigenvalue weighted by molar-refractivity contribution is 0.196. The van der Waals surface area contributed by atoms with Crippen LogP contribution in [0, 0.1) is 0 Å². The number of ether oxygens (including phenoxy) is 2. The normalized spacial score (nSPS) is 24.2. The summed E-state index contributed by atoms with van der Waals surface area (Å²) in [4.78, 5) is 0. The van der Waals surface area contributed by atoms with Gasteiger partial charge in [-0.05, 0) is 12.5 Å². The van der Waals surface area contributed by atoms with Crippen LogP contribution in [0.15, 0.2) is 18.2 Å². The number of fused-ring (bicyclic) bond motifs is 1. The van der Waals surface area contributed by atoms with Crippen molar-refractivity contribution in [2.75, 3.05) is 7.11 Å². The van der Waals surface area contributed by atoms with E-state index in [0.29, 0.717) is 0 Å². The minimum Gasteiger partial charge on any atom is -0.493 e. The van der Waals surface area contributed by atoms with Crippen molar-refractivity contribution in [3.63, 3.8) is 0 Å². The van der Waals surface area contributed by atoms with E-state index >= 15 is 0 Å². The van der Waals surface area contributed by atoms with Gasteiger partial charge >= 0.3 is 0 Å². The molecule has 1 aliphatic rings. The maximum absolute atomic E-state index is 6.04. The van der Waals surface area contributed by atoms with Crippen molar-refractivity contribution < 1.29 is 9.47 Å². The van der Waals surface area contributed by atoms with E-state index < -0.39 is 0 Å². The van der Waals surface area contributed by atoms with Gasteiger partial charge in [0.25, 0.3) is 0 Å². The van der Waals surface area contributed by atoms with Crippen LogP contribution in [-0.2, 0) is 0 Å². The maximum Gasteiger partial charge on any atom is 0.166 e. The molecule has 0 spiro atoms. The standard InChI is InChI=1S/C11H15NO2/c1-3-8-10(12)7-5-4-6-9(13-2)11(7)14-8/h4-6,8,10H,3,12H2,1-2H3. The summed E-state index contributed by atoms with van der Waals surface area (Å²) in [6.07, 6.45) is 1.00. The van der Waals surface area contributed by atoms with Crippen molar-refractivity contribution in [2.24, 2.45) is 5.73 Å². The van der Waals surface area contributed by atoms with E-state index in [1.54, 1.807) is 7.11 Å². The molecule has 3 heteroatoms. The Hall–Kier alpha value is -1.22. The number of methoxy groups -OCH3 is 1. The van der Waals surface area contributed by atoms with Crippen LogP contribution in [0.25, 0.3) is 0 Å². The minimum absolute atomic E-state index is 0.0231. The molecule has 3 nitrogen and oxygen atoms in total. The Morgan fingerprint density at radius 2 is 2.29 bits per heavy atom. The van der Waals surface area contributed by atoms with Crippen molar-refractivity contribution in [3.8, 4) is 11.5 Å². The smallest absolute Gasteiger partial charge is 0.166 e. The second kappa shape index (κ2) is 3.50. The highest BCUT2D eigenvalue weighted by molar-refractivity contribution is 5.51. The highest BCUT2D eigenvalue weighted by atomic mass is 16.5. The molecule has 0 amide bonds. The Labute approximate surface area is 83.8 Å². The summed E-state index contributed by atoms with van der Waals surface area (Å²) in [5.41, 5.74) is 7.10. The zero-order chi connectivity index (χ0) is 10.1. The number of benzene rings is 1. The quantitative estimate of drug-likeness (QED) is 0.779. The third-order valence-corrected chi connectivity index (χ3v) is 2.66. The zero-order valence-corrected chi connectivity index (χ0v) is 8.49. The lowest BCUT2D eigenvalue weighted by atomic mass is 10.0. The topological polar surface area (TPSA) is 44.5 Å². The number of hydrogen-bond acceptors (Lipinski definition) is 3. The number of rotatable bonds is 2. The molecule has 1 aromatic carbocycles. The molecule has 76 valence electrons. The van der Waals surface area contributed by atoms with E-state index in [1.165, 1.54) is 0 Å². The van der Waals surface area contributed by atoms with Gasteiger partial charge < -0.3 is 15.2 Å². The highest BCUT2D eigenvalue weighted by Crippen LogP contribution is 2.42. The van der Waals surface area contributed by atoms with Gasteiger partial charge in [-0.3, -0.25) is 0 Å². The van der Waals surface area contributed by atoms with Gasteiger partial charge in [0.15, 0.2) is 11.5 Å². The molecule has 2 rings (SSSR count). The predicted octanol–water partition coefficient (Wildman–Crippen LogP) is 1.87. The monoisotopic (exact) mass is 193 g/mol. The Morgan fingerprint density at radius 1 is 1.50 bits per heavy atom. The summed E-state index contributed by atoms with van der Waals surface area (Å²) in [6, 6.07) is 5.81. The lowest BCUT2D eigenvalue weighted by Gasteiger charge is -2.12. The zero-order valence-electron chi connectivity index (χ0n) is 8.49. The molecular formula is C11H15NO2. The second-order valence-corrected chi connectivity index (χ2v) is 3.47. The van der Waals surface area contributed by atoms with E-state index in [0.717, 1.165) is 23.5 Å². The van der Waals surface area contributed by atoms with E-state index in [1.807, 2.05) is 18.2 Å². The van der Waals surface area contributed by atoms with Crippen LogP contribution in [-0.4, -0.2) is 13.2 Å². The number of hydrogen-bond donors (Lipinski definition) is 1. The summed E-state index contributed by atoms with van der Waals surface area (Å²) in [5, 5.41) is 0. The molecule has 2 N–H and O–H groups in total. The Morgan fingerprint density at radius 3 is 2.93 bits per heavy atom. The minimum atomic E-state index is -0.0231. The Kier molecular flexibility index (Phi) is 2.33. The molecule has 1 aliphatic heterocycles. The van der Waals surface area contributed by atoms with Crippen molar-refractivity contribution in [2.45, 2.75) is 25.5 Å². The van der Waals surface area contributed by atoms with Crippen molar-refractivity contribution in [1.82, 2.24) is 0 Å². The summed E-state index contributed by atoms with van der Waals surface area (Å²) in [7, 11) is 1.64. The SMILES string of the molecule is CCC1Oc2c(OC)cccc2C1N. The average Bonchev–Trinajstić information content (AvgIpc) is 2.55. The van der Waals surface area contributed by atoms with Gasteiger partial charge in [0.1, 0.15) is 6.10 Å². The van der Waals surface area contributed by atoms with Crippen LogP contribution in [0.4, 0.5) is 0 Å². The molecule has 0 fully saturated rings. The Balaban J connectivity index is 2.42. The van der Waals surface area contributed by atoms with Crippen LogP contribution in [0.2, 0.25) is 0 Å². The molecule has 0 radical (unpaired) electrons. The van der Waals surface area contributed by atoms with E-state index in [4.69, 9.17) is 15.2 Å². The number of para-hydroxylation sites is 1. The summed E-state index contributed by atoms with van der Waals surface area (Å²) < 4.78 is 11.0. The maximum atomic E-state index is 6.04. The fourth-order valence-electron chi connectivity index (χ4n) is 1.84. The molecular weight excluding hydrogens is 178 g/mol. The molecule has 0 aliphatic carbocycles. The van der Waals surface area contributed by atoms with Gasteiger partial charge in [0, 0.05) is 5.56 Å². The molecule has 0 bridgehead atoms. The van der Waals surface area contributed by atoms with Crippen LogP contribution < -0.4 is 15.2 Å². The van der Waals surface area contributed by atoms with E-state index in [9.17, 15) is 0 Å². The van der Waals surface area contributed by atoms with Crippen LogP contribution in [0.3, 0.4) is 0 Å². The van der Waals surface area contributed by atoms with Crippen LogP contribution in [0.1, 0.15) is 24.9 Å². The van der Waals surface area contributed by atoms with Crippen molar-refractivity contribution >= 4 is 0 Å². The fraction of sp³-hybridized carbons (Fsp3) is 0.455. The molecule has 1 heterocycles. The van der Waals surface area contributed by atoms with Crippen LogP contribution in [0.5, 0.6) is 11.5 Å². The van der Waals surface area contributed by atoms with Gasteiger partial charge in [-0.1, -0.05) is 19.1 Å². The largest absolute Gasteiger partial charge is 0.493 e. The van der Waals surface area contributed by atoms with E-state index in [2.05, 4.69) is 6.92 Å². The average molecular weight is 193 g/mol.